The van der Waals surface area contributed by atoms with Crippen LogP contribution in [0.3, 0.4) is 0 Å². The third-order valence-electron chi connectivity index (χ3n) is 4.04. The second-order valence-electron chi connectivity index (χ2n) is 7.09. The Labute approximate surface area is 147 Å². The predicted molar refractivity (Wildman–Crippen MR) is 100 cm³/mol. The molecule has 1 atom stereocenters. The first kappa shape index (κ1) is 16.7. The number of benzene rings is 1. The van der Waals surface area contributed by atoms with E-state index in [1.54, 1.807) is 18.3 Å². The monoisotopic (exact) mass is 341 g/mol. The van der Waals surface area contributed by atoms with Gasteiger partial charge < -0.3 is 4.90 Å². The Bertz CT molecular complexity index is 757. The zero-order valence-electron chi connectivity index (χ0n) is 14.8. The fraction of sp³-hybridized carbons (Fsp3) is 0.368. The molecule has 126 valence electrons. The Hall–Kier alpha value is -2.14. The van der Waals surface area contributed by atoms with Gasteiger partial charge in [0.2, 0.25) is 0 Å². The molecule has 0 N–H and O–H groups in total. The van der Waals surface area contributed by atoms with Crippen LogP contribution in [0.4, 0.5) is 5.69 Å². The Morgan fingerprint density at radius 2 is 1.83 bits per heavy atom. The van der Waals surface area contributed by atoms with E-state index in [0.717, 1.165) is 5.69 Å². The van der Waals surface area contributed by atoms with Crippen LogP contribution in [0, 0.1) is 6.92 Å². The Morgan fingerprint density at radius 1 is 1.17 bits per heavy atom. The van der Waals surface area contributed by atoms with Gasteiger partial charge in [-0.05, 0) is 51.3 Å². The quantitative estimate of drug-likeness (QED) is 0.820. The van der Waals surface area contributed by atoms with E-state index in [1.165, 1.54) is 10.4 Å². The minimum atomic E-state index is -0.224. The molecule has 1 aliphatic heterocycles. The van der Waals surface area contributed by atoms with Gasteiger partial charge in [-0.2, -0.15) is 0 Å². The van der Waals surface area contributed by atoms with Gasteiger partial charge in [0, 0.05) is 17.3 Å². The first-order chi connectivity index (χ1) is 11.3. The van der Waals surface area contributed by atoms with Crippen molar-refractivity contribution in [3.05, 3.63) is 52.2 Å². The van der Waals surface area contributed by atoms with Crippen LogP contribution in [0.15, 0.2) is 46.9 Å². The molecule has 1 aromatic heterocycles. The van der Waals surface area contributed by atoms with Gasteiger partial charge in [0.1, 0.15) is 0 Å². The van der Waals surface area contributed by atoms with Crippen molar-refractivity contribution in [2.45, 2.75) is 46.3 Å². The van der Waals surface area contributed by atoms with Gasteiger partial charge in [0.25, 0.3) is 0 Å². The van der Waals surface area contributed by atoms with Gasteiger partial charge >= 0.3 is 0 Å². The topological polar surface area (TPSA) is 35.9 Å². The summed E-state index contributed by atoms with van der Waals surface area (Å²) in [7, 11) is 0. The molecule has 0 amide bonds. The van der Waals surface area contributed by atoms with E-state index in [-0.39, 0.29) is 17.5 Å². The van der Waals surface area contributed by atoms with Crippen molar-refractivity contribution < 1.29 is 4.79 Å². The molecule has 5 heteroatoms. The highest BCUT2D eigenvalue weighted by molar-refractivity contribution is 7.10. The summed E-state index contributed by atoms with van der Waals surface area (Å²) in [5.74, 6) is 0.502. The highest BCUT2D eigenvalue weighted by Crippen LogP contribution is 2.41. The number of thiophene rings is 1. The molecule has 0 saturated heterocycles. The molecule has 3 rings (SSSR count). The first-order valence-corrected chi connectivity index (χ1v) is 8.95. The third-order valence-corrected chi connectivity index (χ3v) is 4.95. The molecule has 1 aromatic carbocycles. The lowest BCUT2D eigenvalue weighted by Gasteiger charge is -2.40. The minimum absolute atomic E-state index is 0.0129. The maximum atomic E-state index is 12.3. The highest BCUT2D eigenvalue weighted by Gasteiger charge is 2.43. The van der Waals surface area contributed by atoms with Crippen LogP contribution in [-0.2, 0) is 4.79 Å². The number of rotatable bonds is 3. The van der Waals surface area contributed by atoms with Crippen molar-refractivity contribution in [2.24, 2.45) is 5.10 Å². The fourth-order valence-corrected chi connectivity index (χ4v) is 3.74. The van der Waals surface area contributed by atoms with Crippen molar-refractivity contribution >= 4 is 28.6 Å². The summed E-state index contributed by atoms with van der Waals surface area (Å²) in [4.78, 5) is 15.6. The Kier molecular flexibility index (Phi) is 4.22. The zero-order chi connectivity index (χ0) is 17.5. The van der Waals surface area contributed by atoms with Crippen LogP contribution >= 0.6 is 11.3 Å². The van der Waals surface area contributed by atoms with E-state index in [2.05, 4.69) is 68.3 Å². The standard InChI is InChI=1S/C19H23N3OS/c1-13-8-10-15(11-9-13)22-18(16-7-6-12-24-16)21(19(3,4)5)17(20-22)14(2)23/h6-12,18H,1-5H3. The largest absolute Gasteiger partial charge is 0.321 e. The number of anilines is 1. The van der Waals surface area contributed by atoms with Gasteiger partial charge in [-0.25, -0.2) is 5.01 Å². The Balaban J connectivity index is 2.14. The smallest absolute Gasteiger partial charge is 0.196 e. The highest BCUT2D eigenvalue weighted by atomic mass is 32.1. The van der Waals surface area contributed by atoms with Gasteiger partial charge in [-0.15, -0.1) is 16.4 Å². The van der Waals surface area contributed by atoms with Crippen LogP contribution < -0.4 is 5.01 Å². The third kappa shape index (κ3) is 2.96. The summed E-state index contributed by atoms with van der Waals surface area (Å²) in [5, 5.41) is 8.74. The summed E-state index contributed by atoms with van der Waals surface area (Å²) in [6.45, 7) is 10.00. The van der Waals surface area contributed by atoms with Crippen molar-refractivity contribution in [3.63, 3.8) is 0 Å². The number of hydrogen-bond acceptors (Lipinski definition) is 5. The number of hydrazone groups is 1. The molecule has 1 unspecified atom stereocenters. The van der Waals surface area contributed by atoms with Crippen molar-refractivity contribution in [3.8, 4) is 0 Å². The van der Waals surface area contributed by atoms with Gasteiger partial charge in [-0.1, -0.05) is 23.8 Å². The molecule has 24 heavy (non-hydrogen) atoms. The molecule has 0 bridgehead atoms. The first-order valence-electron chi connectivity index (χ1n) is 8.07. The lowest BCUT2D eigenvalue weighted by Crippen LogP contribution is -2.48. The molecule has 0 radical (unpaired) electrons. The van der Waals surface area contributed by atoms with Crippen LogP contribution in [0.5, 0.6) is 0 Å². The Morgan fingerprint density at radius 3 is 2.33 bits per heavy atom. The molecule has 0 spiro atoms. The second kappa shape index (κ2) is 6.06. The van der Waals surface area contributed by atoms with Crippen LogP contribution in [0.1, 0.15) is 44.3 Å². The predicted octanol–water partition coefficient (Wildman–Crippen LogP) is 4.58. The van der Waals surface area contributed by atoms with E-state index in [0.29, 0.717) is 5.84 Å². The van der Waals surface area contributed by atoms with E-state index >= 15 is 0 Å². The van der Waals surface area contributed by atoms with E-state index in [4.69, 9.17) is 5.10 Å². The van der Waals surface area contributed by atoms with Gasteiger partial charge in [0.15, 0.2) is 17.8 Å². The average Bonchev–Trinajstić information content (AvgIpc) is 3.14. The number of carbonyl (C=O) groups is 1. The molecule has 2 heterocycles. The van der Waals surface area contributed by atoms with E-state index in [9.17, 15) is 4.79 Å². The summed E-state index contributed by atoms with van der Waals surface area (Å²) in [5.41, 5.74) is 1.97. The molecule has 2 aromatic rings. The maximum absolute atomic E-state index is 12.3. The summed E-state index contributed by atoms with van der Waals surface area (Å²) >= 11 is 1.69. The lowest BCUT2D eigenvalue weighted by molar-refractivity contribution is -0.112. The number of amidine groups is 1. The number of nitrogens with zero attached hydrogens (tertiary/aromatic N) is 3. The number of Topliss-reactive ketones (excluding diaryl/α,β-unsaturated/α-hetero) is 1. The van der Waals surface area contributed by atoms with Crippen LogP contribution in [0.2, 0.25) is 0 Å². The SMILES string of the molecule is CC(=O)C1=NN(c2ccc(C)cc2)C(c2cccs2)N1C(C)(C)C. The zero-order valence-corrected chi connectivity index (χ0v) is 15.6. The van der Waals surface area contributed by atoms with Gasteiger partial charge in [0.05, 0.1) is 5.69 Å². The molecule has 4 nitrogen and oxygen atoms in total. The molecule has 0 aliphatic carbocycles. The number of hydrogen-bond donors (Lipinski definition) is 0. The van der Waals surface area contributed by atoms with Crippen molar-refractivity contribution in [1.82, 2.24) is 4.90 Å². The molecular weight excluding hydrogens is 318 g/mol. The molecular formula is C19H23N3OS. The van der Waals surface area contributed by atoms with E-state index < -0.39 is 0 Å². The lowest BCUT2D eigenvalue weighted by atomic mass is 10.0. The summed E-state index contributed by atoms with van der Waals surface area (Å²) in [6, 6.07) is 12.4. The van der Waals surface area contributed by atoms with E-state index in [1.807, 2.05) is 11.1 Å². The summed E-state index contributed by atoms with van der Waals surface area (Å²) in [6.07, 6.45) is -0.105. The van der Waals surface area contributed by atoms with Crippen molar-refractivity contribution in [2.75, 3.05) is 5.01 Å². The molecule has 0 saturated carbocycles. The molecule has 1 aliphatic rings. The second-order valence-corrected chi connectivity index (χ2v) is 8.07. The fourth-order valence-electron chi connectivity index (χ4n) is 2.94. The maximum Gasteiger partial charge on any atom is 0.196 e. The van der Waals surface area contributed by atoms with Crippen molar-refractivity contribution in [1.29, 1.82) is 0 Å². The number of ketones is 1. The van der Waals surface area contributed by atoms with Crippen LogP contribution in [-0.4, -0.2) is 22.1 Å². The van der Waals surface area contributed by atoms with Crippen LogP contribution in [0.25, 0.3) is 0 Å². The number of aryl methyl sites for hydroxylation is 1. The van der Waals surface area contributed by atoms with Gasteiger partial charge in [-0.3, -0.25) is 4.79 Å². The minimum Gasteiger partial charge on any atom is -0.321 e. The normalized spacial score (nSPS) is 18.0. The average molecular weight is 341 g/mol. The summed E-state index contributed by atoms with van der Waals surface area (Å²) < 4.78 is 0. The number of carbonyl (C=O) groups excluding carboxylic acids is 1. The molecule has 0 fully saturated rings.